The van der Waals surface area contributed by atoms with Crippen LogP contribution in [0.3, 0.4) is 0 Å². The smallest absolute Gasteiger partial charge is 0.124 e. The molecule has 20 heavy (non-hydrogen) atoms. The number of nitrogens with one attached hydrogen (secondary N) is 1. The zero-order valence-corrected chi connectivity index (χ0v) is 13.4. The predicted octanol–water partition coefficient (Wildman–Crippen LogP) is 4.20. The van der Waals surface area contributed by atoms with Crippen LogP contribution in [0.5, 0.6) is 0 Å². The lowest BCUT2D eigenvalue weighted by Gasteiger charge is -2.11. The first-order valence-corrected chi connectivity index (χ1v) is 7.11. The van der Waals surface area contributed by atoms with Crippen LogP contribution in [0.2, 0.25) is 0 Å². The fraction of sp³-hybridized carbons (Fsp3) is 0.389. The van der Waals surface area contributed by atoms with Gasteiger partial charge in [-0.1, -0.05) is 37.3 Å². The molecule has 0 heterocycles. The molecular weight excluding hydrogens is 244 g/mol. The van der Waals surface area contributed by atoms with Crippen molar-refractivity contribution in [2.75, 3.05) is 7.05 Å². The molecule has 1 aromatic carbocycles. The van der Waals surface area contributed by atoms with Gasteiger partial charge < -0.3 is 5.32 Å². The monoisotopic (exact) mass is 270 g/mol. The average molecular weight is 270 g/mol. The number of amidine groups is 1. The zero-order chi connectivity index (χ0) is 15.1. The van der Waals surface area contributed by atoms with Gasteiger partial charge in [0.2, 0.25) is 0 Å². The van der Waals surface area contributed by atoms with E-state index in [-0.39, 0.29) is 0 Å². The zero-order valence-electron chi connectivity index (χ0n) is 13.4. The molecule has 1 rings (SSSR count). The van der Waals surface area contributed by atoms with Crippen LogP contribution in [0.4, 0.5) is 0 Å². The van der Waals surface area contributed by atoms with E-state index in [0.29, 0.717) is 0 Å². The lowest BCUT2D eigenvalue weighted by molar-refractivity contribution is 1.00. The highest BCUT2D eigenvalue weighted by Gasteiger charge is 2.02. The Morgan fingerprint density at radius 2 is 2.05 bits per heavy atom. The van der Waals surface area contributed by atoms with Crippen molar-refractivity contribution in [1.82, 2.24) is 5.32 Å². The minimum absolute atomic E-state index is 0.820. The molecule has 0 saturated carbocycles. The number of allylic oxidation sites excluding steroid dienone is 2. The van der Waals surface area contributed by atoms with Gasteiger partial charge in [-0.3, -0.25) is 4.99 Å². The summed E-state index contributed by atoms with van der Waals surface area (Å²) in [5.41, 5.74) is 6.23. The Hall–Kier alpha value is -1.83. The normalized spacial score (nSPS) is 11.2. The molecule has 0 amide bonds. The van der Waals surface area contributed by atoms with Crippen molar-refractivity contribution in [2.24, 2.45) is 4.99 Å². The molecule has 108 valence electrons. The minimum atomic E-state index is 0.820. The van der Waals surface area contributed by atoms with Gasteiger partial charge in [0.15, 0.2) is 0 Å². The Bertz CT molecular complexity index is 532. The summed E-state index contributed by atoms with van der Waals surface area (Å²) in [6, 6.07) is 6.64. The van der Waals surface area contributed by atoms with E-state index >= 15 is 0 Å². The van der Waals surface area contributed by atoms with E-state index in [1.54, 1.807) is 7.05 Å². The van der Waals surface area contributed by atoms with Crippen LogP contribution in [0.25, 0.3) is 0 Å². The highest BCUT2D eigenvalue weighted by atomic mass is 15.0. The summed E-state index contributed by atoms with van der Waals surface area (Å²) in [5.74, 6) is 0.858. The maximum atomic E-state index is 4.22. The predicted molar refractivity (Wildman–Crippen MR) is 89.3 cm³/mol. The minimum Gasteiger partial charge on any atom is -0.344 e. The van der Waals surface area contributed by atoms with Gasteiger partial charge in [-0.15, -0.1) is 0 Å². The third-order valence-electron chi connectivity index (χ3n) is 3.18. The maximum absolute atomic E-state index is 4.22. The lowest BCUT2D eigenvalue weighted by atomic mass is 10.0. The Kier molecular flexibility index (Phi) is 6.23. The quantitative estimate of drug-likeness (QED) is 0.629. The highest BCUT2D eigenvalue weighted by molar-refractivity contribution is 5.94. The van der Waals surface area contributed by atoms with E-state index in [1.165, 1.54) is 22.3 Å². The molecule has 2 nitrogen and oxygen atoms in total. The summed E-state index contributed by atoms with van der Waals surface area (Å²) >= 11 is 0. The molecule has 0 aliphatic heterocycles. The van der Waals surface area contributed by atoms with Gasteiger partial charge in [0.05, 0.1) is 0 Å². The van der Waals surface area contributed by atoms with E-state index in [4.69, 9.17) is 0 Å². The summed E-state index contributed by atoms with van der Waals surface area (Å²) in [7, 11) is 1.79. The molecule has 0 spiro atoms. The summed E-state index contributed by atoms with van der Waals surface area (Å²) < 4.78 is 0. The van der Waals surface area contributed by atoms with Gasteiger partial charge in [0, 0.05) is 19.2 Å². The third kappa shape index (κ3) is 5.04. The van der Waals surface area contributed by atoms with Crippen LogP contribution >= 0.6 is 0 Å². The van der Waals surface area contributed by atoms with Crippen molar-refractivity contribution in [3.8, 4) is 0 Å². The number of nitrogens with zero attached hydrogens (tertiary/aromatic N) is 1. The Balaban J connectivity index is 2.71. The van der Waals surface area contributed by atoms with Gasteiger partial charge in [-0.2, -0.15) is 0 Å². The van der Waals surface area contributed by atoms with Crippen LogP contribution in [-0.4, -0.2) is 12.9 Å². The Labute approximate surface area is 123 Å². The molecule has 0 unspecified atom stereocenters. The number of benzene rings is 1. The fourth-order valence-electron chi connectivity index (χ4n) is 2.17. The van der Waals surface area contributed by atoms with Crippen LogP contribution in [-0.2, 0) is 12.8 Å². The van der Waals surface area contributed by atoms with E-state index in [9.17, 15) is 0 Å². The molecular formula is C18H26N2. The van der Waals surface area contributed by atoms with E-state index < -0.39 is 0 Å². The van der Waals surface area contributed by atoms with Gasteiger partial charge in [-0.05, 0) is 50.0 Å². The first-order chi connectivity index (χ1) is 9.46. The molecule has 0 aliphatic rings. The molecule has 0 fully saturated rings. The molecule has 0 radical (unpaired) electrons. The van der Waals surface area contributed by atoms with Crippen LogP contribution in [0.1, 0.15) is 37.5 Å². The van der Waals surface area contributed by atoms with E-state index in [2.05, 4.69) is 62.8 Å². The summed E-state index contributed by atoms with van der Waals surface area (Å²) in [6.07, 6.45) is 3.93. The molecule has 0 saturated heterocycles. The lowest BCUT2D eigenvalue weighted by Crippen LogP contribution is -2.21. The maximum Gasteiger partial charge on any atom is 0.124 e. The van der Waals surface area contributed by atoms with Gasteiger partial charge in [0.1, 0.15) is 5.84 Å². The topological polar surface area (TPSA) is 24.4 Å². The fourth-order valence-corrected chi connectivity index (χ4v) is 2.17. The SMILES string of the molecule is C=C(Cc1ccc(CC)c(C)c1)NC(C=C(C)C)=NC. The number of rotatable bonds is 5. The molecule has 1 N–H and O–H groups in total. The molecule has 0 aliphatic carbocycles. The van der Waals surface area contributed by atoms with Crippen molar-refractivity contribution in [2.45, 2.75) is 40.5 Å². The summed E-state index contributed by atoms with van der Waals surface area (Å²) in [4.78, 5) is 4.22. The molecule has 0 bridgehead atoms. The number of aliphatic imine (C=N–C) groups is 1. The Morgan fingerprint density at radius 3 is 2.55 bits per heavy atom. The molecule has 1 aromatic rings. The number of hydrogen-bond acceptors (Lipinski definition) is 1. The second kappa shape index (κ2) is 7.68. The van der Waals surface area contributed by atoms with Gasteiger partial charge in [0.25, 0.3) is 0 Å². The second-order valence-corrected chi connectivity index (χ2v) is 5.35. The van der Waals surface area contributed by atoms with Crippen molar-refractivity contribution in [1.29, 1.82) is 0 Å². The summed E-state index contributed by atoms with van der Waals surface area (Å²) in [6.45, 7) is 12.6. The third-order valence-corrected chi connectivity index (χ3v) is 3.18. The second-order valence-electron chi connectivity index (χ2n) is 5.35. The largest absolute Gasteiger partial charge is 0.344 e. The van der Waals surface area contributed by atoms with E-state index in [0.717, 1.165) is 24.4 Å². The first kappa shape index (κ1) is 16.2. The van der Waals surface area contributed by atoms with Crippen molar-refractivity contribution < 1.29 is 0 Å². The number of aryl methyl sites for hydroxylation is 2. The van der Waals surface area contributed by atoms with Crippen LogP contribution in [0.15, 0.2) is 47.1 Å². The van der Waals surface area contributed by atoms with Crippen molar-refractivity contribution in [3.63, 3.8) is 0 Å². The number of hydrogen-bond donors (Lipinski definition) is 1. The highest BCUT2D eigenvalue weighted by Crippen LogP contribution is 2.13. The van der Waals surface area contributed by atoms with Crippen molar-refractivity contribution in [3.05, 3.63) is 58.8 Å². The van der Waals surface area contributed by atoms with Crippen LogP contribution < -0.4 is 5.32 Å². The summed E-state index contributed by atoms with van der Waals surface area (Å²) in [5, 5.41) is 3.27. The first-order valence-electron chi connectivity index (χ1n) is 7.11. The van der Waals surface area contributed by atoms with E-state index in [1.807, 2.05) is 6.08 Å². The van der Waals surface area contributed by atoms with Crippen molar-refractivity contribution >= 4 is 5.84 Å². The standard InChI is InChI=1S/C18H26N2/c1-7-17-9-8-16(11-14(17)4)12-15(5)20-18(19-6)10-13(2)3/h8-11H,5,7,12H2,1-4,6H3,(H,19,20). The van der Waals surface area contributed by atoms with Crippen LogP contribution in [0, 0.1) is 6.92 Å². The molecule has 0 atom stereocenters. The average Bonchev–Trinajstić information content (AvgIpc) is 2.37. The molecule has 2 heteroatoms. The van der Waals surface area contributed by atoms with Gasteiger partial charge >= 0.3 is 0 Å². The Morgan fingerprint density at radius 1 is 1.35 bits per heavy atom. The molecule has 0 aromatic heterocycles. The van der Waals surface area contributed by atoms with Gasteiger partial charge in [-0.25, -0.2) is 0 Å².